The van der Waals surface area contributed by atoms with E-state index in [1.54, 1.807) is 0 Å². The molecule has 0 spiro atoms. The lowest BCUT2D eigenvalue weighted by Crippen LogP contribution is -2.03. The summed E-state index contributed by atoms with van der Waals surface area (Å²) in [6.07, 6.45) is 2.01. The second kappa shape index (κ2) is 9.58. The first-order valence-corrected chi connectivity index (χ1v) is 4.93. The van der Waals surface area contributed by atoms with Gasteiger partial charge in [-0.05, 0) is 50.1 Å². The van der Waals surface area contributed by atoms with Crippen molar-refractivity contribution >= 4 is 30.5 Å². The summed E-state index contributed by atoms with van der Waals surface area (Å²) < 4.78 is 5.53. The summed E-state index contributed by atoms with van der Waals surface area (Å²) in [6.45, 7) is 3.42. The molecule has 0 aliphatic heterocycles. The van der Waals surface area contributed by atoms with Gasteiger partial charge in [-0.2, -0.15) is 0 Å². The fourth-order valence-electron chi connectivity index (χ4n) is 1.17. The number of benzene rings is 1. The normalized spacial score (nSPS) is 8.88. The minimum Gasteiger partial charge on any atom is -0.494 e. The highest BCUT2D eigenvalue weighted by atomic mass is 35.5. The Labute approximate surface area is 109 Å². The van der Waals surface area contributed by atoms with E-state index in [2.05, 4.69) is 0 Å². The molecule has 0 aromatic heterocycles. The highest BCUT2D eigenvalue weighted by Gasteiger charge is 1.97. The third-order valence-corrected chi connectivity index (χ3v) is 2.11. The summed E-state index contributed by atoms with van der Waals surface area (Å²) >= 11 is 0. The molecule has 0 fully saturated rings. The van der Waals surface area contributed by atoms with Crippen LogP contribution >= 0.6 is 24.8 Å². The van der Waals surface area contributed by atoms with Crippen molar-refractivity contribution in [2.75, 3.05) is 18.9 Å². The average molecular weight is 267 g/mol. The Morgan fingerprint density at radius 1 is 1.19 bits per heavy atom. The Morgan fingerprint density at radius 3 is 2.44 bits per heavy atom. The van der Waals surface area contributed by atoms with Crippen LogP contribution in [-0.2, 0) is 0 Å². The van der Waals surface area contributed by atoms with Crippen molar-refractivity contribution in [2.24, 2.45) is 5.73 Å². The number of unbranched alkanes of at least 4 members (excludes halogenated alkanes) is 1. The van der Waals surface area contributed by atoms with Crippen LogP contribution in [0.4, 0.5) is 5.69 Å². The van der Waals surface area contributed by atoms with E-state index in [9.17, 15) is 0 Å². The molecule has 0 saturated heterocycles. The lowest BCUT2D eigenvalue weighted by Gasteiger charge is -2.07. The smallest absolute Gasteiger partial charge is 0.119 e. The molecule has 0 heterocycles. The fraction of sp³-hybridized carbons (Fsp3) is 0.455. The number of hydrogen-bond donors (Lipinski definition) is 2. The average Bonchev–Trinajstić information content (AvgIpc) is 2.18. The van der Waals surface area contributed by atoms with Crippen LogP contribution in [0, 0.1) is 6.92 Å². The van der Waals surface area contributed by atoms with Gasteiger partial charge < -0.3 is 16.2 Å². The topological polar surface area (TPSA) is 61.3 Å². The maximum Gasteiger partial charge on any atom is 0.119 e. The van der Waals surface area contributed by atoms with E-state index < -0.39 is 0 Å². The highest BCUT2D eigenvalue weighted by molar-refractivity contribution is 5.85. The van der Waals surface area contributed by atoms with Gasteiger partial charge in [0.25, 0.3) is 0 Å². The van der Waals surface area contributed by atoms with Crippen molar-refractivity contribution in [1.82, 2.24) is 0 Å². The molecule has 0 unspecified atom stereocenters. The standard InChI is InChI=1S/C11H18N2O.2ClH/c1-9-8-10(4-5-11(9)13)14-7-3-2-6-12;;/h4-5,8H,2-3,6-7,12-13H2,1H3;2*1H. The van der Waals surface area contributed by atoms with Gasteiger partial charge in [0.1, 0.15) is 5.75 Å². The predicted molar refractivity (Wildman–Crippen MR) is 73.9 cm³/mol. The van der Waals surface area contributed by atoms with Gasteiger partial charge in [0.2, 0.25) is 0 Å². The molecule has 0 aliphatic carbocycles. The predicted octanol–water partition coefficient (Wildman–Crippen LogP) is 2.54. The van der Waals surface area contributed by atoms with Crippen LogP contribution in [0.15, 0.2) is 18.2 Å². The number of halogens is 2. The monoisotopic (exact) mass is 266 g/mol. The highest BCUT2D eigenvalue weighted by Crippen LogP contribution is 2.18. The number of anilines is 1. The summed E-state index contributed by atoms with van der Waals surface area (Å²) in [7, 11) is 0. The lowest BCUT2D eigenvalue weighted by atomic mass is 10.2. The van der Waals surface area contributed by atoms with Gasteiger partial charge >= 0.3 is 0 Å². The first kappa shape index (κ1) is 17.7. The van der Waals surface area contributed by atoms with E-state index in [-0.39, 0.29) is 24.8 Å². The van der Waals surface area contributed by atoms with Crippen molar-refractivity contribution in [3.05, 3.63) is 23.8 Å². The molecule has 0 saturated carbocycles. The van der Waals surface area contributed by atoms with E-state index in [1.165, 1.54) is 0 Å². The molecular formula is C11H20Cl2N2O. The van der Waals surface area contributed by atoms with Crippen molar-refractivity contribution < 1.29 is 4.74 Å². The molecule has 0 radical (unpaired) electrons. The summed E-state index contributed by atoms with van der Waals surface area (Å²) in [5, 5.41) is 0. The van der Waals surface area contributed by atoms with Crippen molar-refractivity contribution in [3.63, 3.8) is 0 Å². The first-order valence-electron chi connectivity index (χ1n) is 4.93. The second-order valence-electron chi connectivity index (χ2n) is 3.36. The van der Waals surface area contributed by atoms with Crippen LogP contribution in [0.3, 0.4) is 0 Å². The quantitative estimate of drug-likeness (QED) is 0.636. The minimum absolute atomic E-state index is 0. The molecule has 94 valence electrons. The number of rotatable bonds is 5. The molecule has 1 rings (SSSR count). The van der Waals surface area contributed by atoms with Crippen molar-refractivity contribution in [1.29, 1.82) is 0 Å². The lowest BCUT2D eigenvalue weighted by molar-refractivity contribution is 0.307. The zero-order valence-corrected chi connectivity index (χ0v) is 11.1. The van der Waals surface area contributed by atoms with Gasteiger partial charge in [-0.25, -0.2) is 0 Å². The number of aryl methyl sites for hydroxylation is 1. The van der Waals surface area contributed by atoms with Crippen LogP contribution in [0.5, 0.6) is 5.75 Å². The molecule has 1 aromatic carbocycles. The third kappa shape index (κ3) is 6.05. The van der Waals surface area contributed by atoms with E-state index in [1.807, 2.05) is 25.1 Å². The summed E-state index contributed by atoms with van der Waals surface area (Å²) in [5.74, 6) is 0.883. The SMILES string of the molecule is Cc1cc(OCCCCN)ccc1N.Cl.Cl. The number of hydrogen-bond acceptors (Lipinski definition) is 3. The zero-order valence-electron chi connectivity index (χ0n) is 9.44. The Hall–Kier alpha value is -0.640. The van der Waals surface area contributed by atoms with Crippen LogP contribution < -0.4 is 16.2 Å². The van der Waals surface area contributed by atoms with E-state index in [0.29, 0.717) is 0 Å². The van der Waals surface area contributed by atoms with Crippen LogP contribution in [-0.4, -0.2) is 13.2 Å². The molecule has 0 amide bonds. The molecular weight excluding hydrogens is 247 g/mol. The molecule has 4 N–H and O–H groups in total. The largest absolute Gasteiger partial charge is 0.494 e. The molecule has 3 nitrogen and oxygen atoms in total. The van der Waals surface area contributed by atoms with Crippen molar-refractivity contribution in [3.8, 4) is 5.75 Å². The van der Waals surface area contributed by atoms with E-state index in [4.69, 9.17) is 16.2 Å². The van der Waals surface area contributed by atoms with Gasteiger partial charge in [0.15, 0.2) is 0 Å². The van der Waals surface area contributed by atoms with Crippen LogP contribution in [0.2, 0.25) is 0 Å². The molecule has 16 heavy (non-hydrogen) atoms. The van der Waals surface area contributed by atoms with Crippen molar-refractivity contribution in [2.45, 2.75) is 19.8 Å². The Morgan fingerprint density at radius 2 is 1.88 bits per heavy atom. The molecule has 0 bridgehead atoms. The number of nitrogen functional groups attached to an aromatic ring is 1. The van der Waals surface area contributed by atoms with Crippen LogP contribution in [0.1, 0.15) is 18.4 Å². The summed E-state index contributed by atoms with van der Waals surface area (Å²) in [5.41, 5.74) is 12.9. The van der Waals surface area contributed by atoms with Gasteiger partial charge in [-0.3, -0.25) is 0 Å². The maximum atomic E-state index is 5.69. The van der Waals surface area contributed by atoms with E-state index in [0.717, 1.165) is 43.0 Å². The first-order chi connectivity index (χ1) is 6.74. The maximum absolute atomic E-state index is 5.69. The number of ether oxygens (including phenoxy) is 1. The Bertz CT molecular complexity index is 295. The van der Waals surface area contributed by atoms with E-state index >= 15 is 0 Å². The molecule has 1 aromatic rings. The number of nitrogens with two attached hydrogens (primary N) is 2. The molecule has 0 atom stereocenters. The summed E-state index contributed by atoms with van der Waals surface area (Å²) in [6, 6.07) is 5.72. The minimum atomic E-state index is 0. The zero-order chi connectivity index (χ0) is 10.4. The van der Waals surface area contributed by atoms with Gasteiger partial charge in [-0.1, -0.05) is 0 Å². The summed E-state index contributed by atoms with van der Waals surface area (Å²) in [4.78, 5) is 0. The second-order valence-corrected chi connectivity index (χ2v) is 3.36. The molecule has 0 aliphatic rings. The molecule has 5 heteroatoms. The van der Waals surface area contributed by atoms with Gasteiger partial charge in [-0.15, -0.1) is 24.8 Å². The van der Waals surface area contributed by atoms with Crippen LogP contribution in [0.25, 0.3) is 0 Å². The Balaban J connectivity index is 0. The Kier molecular flexibility index (Phi) is 10.6. The van der Waals surface area contributed by atoms with Gasteiger partial charge in [0, 0.05) is 5.69 Å². The fourth-order valence-corrected chi connectivity index (χ4v) is 1.17. The van der Waals surface area contributed by atoms with Gasteiger partial charge in [0.05, 0.1) is 6.61 Å². The third-order valence-electron chi connectivity index (χ3n) is 2.11.